The van der Waals surface area contributed by atoms with Gasteiger partial charge in [-0.2, -0.15) is 0 Å². The first kappa shape index (κ1) is 21.1. The van der Waals surface area contributed by atoms with Crippen molar-refractivity contribution in [1.29, 1.82) is 0 Å². The van der Waals surface area contributed by atoms with Crippen LogP contribution in [0.2, 0.25) is 0 Å². The zero-order valence-corrected chi connectivity index (χ0v) is 16.6. The molecule has 0 aliphatic heterocycles. The lowest BCUT2D eigenvalue weighted by atomic mass is 10.1. The summed E-state index contributed by atoms with van der Waals surface area (Å²) >= 11 is 0. The van der Waals surface area contributed by atoms with E-state index in [0.29, 0.717) is 28.3 Å². The maximum absolute atomic E-state index is 12.2. The predicted octanol–water partition coefficient (Wildman–Crippen LogP) is 4.02. The molecule has 0 aliphatic carbocycles. The molecule has 0 radical (unpaired) electrons. The highest BCUT2D eigenvalue weighted by Crippen LogP contribution is 2.21. The summed E-state index contributed by atoms with van der Waals surface area (Å²) in [5.74, 6) is 0.749. The lowest BCUT2D eigenvalue weighted by Crippen LogP contribution is -2.15. The number of ketones is 1. The number of para-hydroxylation sites is 1. The van der Waals surface area contributed by atoms with Crippen LogP contribution in [0.15, 0.2) is 78.9 Å². The molecule has 3 rings (SSSR count). The average Bonchev–Trinajstić information content (AvgIpc) is 2.78. The summed E-state index contributed by atoms with van der Waals surface area (Å²) in [4.78, 5) is 24.3. The van der Waals surface area contributed by atoms with Crippen molar-refractivity contribution in [2.24, 2.45) is 0 Å². The Morgan fingerprint density at radius 3 is 2.17 bits per heavy atom. The molecule has 6 heteroatoms. The summed E-state index contributed by atoms with van der Waals surface area (Å²) < 4.78 is 10.6. The molecule has 0 aromatic heterocycles. The monoisotopic (exact) mass is 405 g/mol. The molecule has 0 fully saturated rings. The number of carbonyl (C=O) groups excluding carboxylic acids is 2. The predicted molar refractivity (Wildman–Crippen MR) is 114 cm³/mol. The Labute approximate surface area is 175 Å². The SMILES string of the molecule is COc1ccc(C(=O)COc2ccc([C@@H](O)CC(=O)Nc3ccccc3)cc2)cc1. The highest BCUT2D eigenvalue weighted by molar-refractivity contribution is 5.97. The molecule has 2 N–H and O–H groups in total. The van der Waals surface area contributed by atoms with E-state index in [4.69, 9.17) is 9.47 Å². The number of hydrogen-bond donors (Lipinski definition) is 2. The molecule has 0 saturated heterocycles. The molecular formula is C24H23NO5. The van der Waals surface area contributed by atoms with E-state index in [9.17, 15) is 14.7 Å². The highest BCUT2D eigenvalue weighted by Gasteiger charge is 2.14. The van der Waals surface area contributed by atoms with Gasteiger partial charge in [-0.15, -0.1) is 0 Å². The Bertz CT molecular complexity index is 969. The van der Waals surface area contributed by atoms with Crippen LogP contribution in [-0.4, -0.2) is 30.5 Å². The normalized spacial score (nSPS) is 11.4. The van der Waals surface area contributed by atoms with Crippen LogP contribution in [0.25, 0.3) is 0 Å². The van der Waals surface area contributed by atoms with Gasteiger partial charge in [0.05, 0.1) is 19.6 Å². The van der Waals surface area contributed by atoms with Gasteiger partial charge in [0.15, 0.2) is 12.4 Å². The summed E-state index contributed by atoms with van der Waals surface area (Å²) in [6, 6.07) is 22.6. The number of ether oxygens (including phenoxy) is 2. The van der Waals surface area contributed by atoms with E-state index in [1.54, 1.807) is 67.8 Å². The lowest BCUT2D eigenvalue weighted by molar-refractivity contribution is -0.118. The molecule has 6 nitrogen and oxygen atoms in total. The standard InChI is InChI=1S/C24H23NO5/c1-29-20-11-7-18(8-12-20)23(27)16-30-21-13-9-17(10-14-21)22(26)15-24(28)25-19-5-3-2-4-6-19/h2-14,22,26H,15-16H2,1H3,(H,25,28)/t22-/m0/s1. The first-order chi connectivity index (χ1) is 14.5. The van der Waals surface area contributed by atoms with Crippen LogP contribution in [0, 0.1) is 0 Å². The number of rotatable bonds is 9. The number of hydrogen-bond acceptors (Lipinski definition) is 5. The van der Waals surface area contributed by atoms with Crippen molar-refractivity contribution in [3.63, 3.8) is 0 Å². The van der Waals surface area contributed by atoms with E-state index >= 15 is 0 Å². The third kappa shape index (κ3) is 5.93. The summed E-state index contributed by atoms with van der Waals surface area (Å²) in [6.07, 6.45) is -1.01. The molecule has 0 heterocycles. The summed E-state index contributed by atoms with van der Waals surface area (Å²) in [5, 5.41) is 13.0. The van der Waals surface area contributed by atoms with Gasteiger partial charge in [-0.05, 0) is 54.1 Å². The molecule has 0 unspecified atom stereocenters. The minimum absolute atomic E-state index is 0.0644. The molecule has 0 bridgehead atoms. The molecule has 0 aliphatic rings. The van der Waals surface area contributed by atoms with E-state index in [2.05, 4.69) is 5.32 Å². The second-order valence-electron chi connectivity index (χ2n) is 6.64. The van der Waals surface area contributed by atoms with Gasteiger partial charge >= 0.3 is 0 Å². The number of amides is 1. The van der Waals surface area contributed by atoms with Crippen molar-refractivity contribution < 1.29 is 24.2 Å². The van der Waals surface area contributed by atoms with Gasteiger partial charge in [-0.25, -0.2) is 0 Å². The van der Waals surface area contributed by atoms with Gasteiger partial charge in [0.25, 0.3) is 0 Å². The Balaban J connectivity index is 1.50. The van der Waals surface area contributed by atoms with Crippen molar-refractivity contribution in [2.45, 2.75) is 12.5 Å². The maximum Gasteiger partial charge on any atom is 0.227 e. The zero-order chi connectivity index (χ0) is 21.3. The fourth-order valence-corrected chi connectivity index (χ4v) is 2.82. The number of aliphatic hydroxyl groups excluding tert-OH is 1. The number of nitrogens with one attached hydrogen (secondary N) is 1. The largest absolute Gasteiger partial charge is 0.497 e. The molecular weight excluding hydrogens is 382 g/mol. The minimum atomic E-state index is -0.941. The van der Waals surface area contributed by atoms with Gasteiger partial charge in [-0.3, -0.25) is 9.59 Å². The number of Topliss-reactive ketones (excluding diaryl/α,β-unsaturated/α-hetero) is 1. The molecule has 3 aromatic rings. The van der Waals surface area contributed by atoms with E-state index in [1.807, 2.05) is 18.2 Å². The number of methoxy groups -OCH3 is 1. The Hall–Kier alpha value is -3.64. The first-order valence-corrected chi connectivity index (χ1v) is 9.48. The zero-order valence-electron chi connectivity index (χ0n) is 16.6. The van der Waals surface area contributed by atoms with Crippen molar-refractivity contribution in [2.75, 3.05) is 19.0 Å². The minimum Gasteiger partial charge on any atom is -0.497 e. The third-order valence-electron chi connectivity index (χ3n) is 4.48. The van der Waals surface area contributed by atoms with E-state index in [1.165, 1.54) is 0 Å². The molecule has 1 atom stereocenters. The number of aliphatic hydroxyl groups is 1. The van der Waals surface area contributed by atoms with Crippen molar-refractivity contribution in [3.05, 3.63) is 90.0 Å². The highest BCUT2D eigenvalue weighted by atomic mass is 16.5. The summed E-state index contributed by atoms with van der Waals surface area (Å²) in [6.45, 7) is -0.103. The van der Waals surface area contributed by atoms with Gasteiger partial charge < -0.3 is 19.9 Å². The number of anilines is 1. The summed E-state index contributed by atoms with van der Waals surface area (Å²) in [5.41, 5.74) is 1.80. The van der Waals surface area contributed by atoms with E-state index in [0.717, 1.165) is 0 Å². The number of carbonyl (C=O) groups is 2. The van der Waals surface area contributed by atoms with Crippen LogP contribution in [0.3, 0.4) is 0 Å². The van der Waals surface area contributed by atoms with Gasteiger partial charge in [-0.1, -0.05) is 30.3 Å². The van der Waals surface area contributed by atoms with E-state index < -0.39 is 6.10 Å². The topological polar surface area (TPSA) is 84.9 Å². The van der Waals surface area contributed by atoms with Crippen LogP contribution in [0.5, 0.6) is 11.5 Å². The van der Waals surface area contributed by atoms with Crippen molar-refractivity contribution in [1.82, 2.24) is 0 Å². The number of benzene rings is 3. The van der Waals surface area contributed by atoms with Crippen LogP contribution >= 0.6 is 0 Å². The van der Waals surface area contributed by atoms with Gasteiger partial charge in [0.2, 0.25) is 5.91 Å². The molecule has 30 heavy (non-hydrogen) atoms. The average molecular weight is 405 g/mol. The smallest absolute Gasteiger partial charge is 0.227 e. The van der Waals surface area contributed by atoms with Crippen LogP contribution in [0.1, 0.15) is 28.4 Å². The lowest BCUT2D eigenvalue weighted by Gasteiger charge is -2.12. The van der Waals surface area contributed by atoms with Crippen LogP contribution in [-0.2, 0) is 4.79 Å². The Morgan fingerprint density at radius 1 is 0.900 bits per heavy atom. The van der Waals surface area contributed by atoms with Crippen molar-refractivity contribution in [3.8, 4) is 11.5 Å². The van der Waals surface area contributed by atoms with Gasteiger partial charge in [0, 0.05) is 11.3 Å². The molecule has 3 aromatic carbocycles. The molecule has 154 valence electrons. The van der Waals surface area contributed by atoms with Crippen LogP contribution < -0.4 is 14.8 Å². The summed E-state index contributed by atoms with van der Waals surface area (Å²) in [7, 11) is 1.57. The Kier molecular flexibility index (Phi) is 7.19. The molecule has 0 spiro atoms. The van der Waals surface area contributed by atoms with Gasteiger partial charge in [0.1, 0.15) is 11.5 Å². The molecule has 0 saturated carbocycles. The Morgan fingerprint density at radius 2 is 1.53 bits per heavy atom. The first-order valence-electron chi connectivity index (χ1n) is 9.48. The third-order valence-corrected chi connectivity index (χ3v) is 4.48. The van der Waals surface area contributed by atoms with E-state index in [-0.39, 0.29) is 24.7 Å². The fraction of sp³-hybridized carbons (Fsp3) is 0.167. The molecule has 1 amide bonds. The second-order valence-corrected chi connectivity index (χ2v) is 6.64. The second kappa shape index (κ2) is 10.2. The fourth-order valence-electron chi connectivity index (χ4n) is 2.82. The quantitative estimate of drug-likeness (QED) is 0.525. The van der Waals surface area contributed by atoms with Crippen LogP contribution in [0.4, 0.5) is 5.69 Å². The maximum atomic E-state index is 12.2. The van der Waals surface area contributed by atoms with Crippen molar-refractivity contribution >= 4 is 17.4 Å².